The highest BCUT2D eigenvalue weighted by molar-refractivity contribution is 9.10. The van der Waals surface area contributed by atoms with E-state index in [1.165, 1.54) is 4.90 Å². The number of likely N-dealkylation sites (N-methyl/N-ethyl adjacent to an activating group) is 1. The Morgan fingerprint density at radius 1 is 1.20 bits per heavy atom. The van der Waals surface area contributed by atoms with Gasteiger partial charge in [0.15, 0.2) is 6.61 Å². The number of halogens is 2. The number of hydrogen-bond acceptors (Lipinski definition) is 4. The van der Waals surface area contributed by atoms with Gasteiger partial charge in [0.2, 0.25) is 5.91 Å². The molecule has 1 atom stereocenters. The van der Waals surface area contributed by atoms with Crippen LogP contribution in [-0.4, -0.2) is 43.0 Å². The number of carbonyl (C=O) groups excluding carboxylic acids is 2. The van der Waals surface area contributed by atoms with Crippen LogP contribution in [0.5, 0.6) is 11.5 Å². The zero-order valence-electron chi connectivity index (χ0n) is 17.3. The molecule has 1 N–H and O–H groups in total. The third kappa shape index (κ3) is 6.64. The van der Waals surface area contributed by atoms with Crippen LogP contribution >= 0.6 is 27.5 Å². The Kier molecular flexibility index (Phi) is 9.46. The van der Waals surface area contributed by atoms with Crippen molar-refractivity contribution < 1.29 is 19.1 Å². The van der Waals surface area contributed by atoms with Gasteiger partial charge in [-0.05, 0) is 49.2 Å². The van der Waals surface area contributed by atoms with Crippen molar-refractivity contribution in [2.24, 2.45) is 0 Å². The van der Waals surface area contributed by atoms with E-state index in [0.717, 1.165) is 10.0 Å². The average Bonchev–Trinajstić information content (AvgIpc) is 2.73. The van der Waals surface area contributed by atoms with E-state index in [4.69, 9.17) is 21.1 Å². The molecule has 2 rings (SSSR count). The lowest BCUT2D eigenvalue weighted by Gasteiger charge is -2.30. The van der Waals surface area contributed by atoms with Crippen LogP contribution in [0.4, 0.5) is 0 Å². The molecule has 6 nitrogen and oxygen atoms in total. The van der Waals surface area contributed by atoms with Gasteiger partial charge in [0.05, 0.1) is 12.1 Å². The van der Waals surface area contributed by atoms with Crippen molar-refractivity contribution in [3.05, 3.63) is 57.5 Å². The highest BCUT2D eigenvalue weighted by Gasteiger charge is 2.28. The molecule has 0 aliphatic heterocycles. The van der Waals surface area contributed by atoms with Crippen molar-refractivity contribution in [2.75, 3.05) is 20.3 Å². The van der Waals surface area contributed by atoms with Crippen LogP contribution in [0.25, 0.3) is 0 Å². The van der Waals surface area contributed by atoms with E-state index in [-0.39, 0.29) is 25.0 Å². The van der Waals surface area contributed by atoms with E-state index < -0.39 is 6.04 Å². The molecule has 0 fully saturated rings. The normalized spacial score (nSPS) is 11.5. The summed E-state index contributed by atoms with van der Waals surface area (Å²) in [5.74, 6) is 0.581. The molecule has 0 saturated carbocycles. The molecule has 0 spiro atoms. The first-order chi connectivity index (χ1) is 14.4. The molecular formula is C22H26BrClN2O4. The van der Waals surface area contributed by atoms with Crippen molar-refractivity contribution in [1.29, 1.82) is 0 Å². The zero-order chi connectivity index (χ0) is 22.1. The van der Waals surface area contributed by atoms with Gasteiger partial charge in [0.25, 0.3) is 5.91 Å². The van der Waals surface area contributed by atoms with Gasteiger partial charge in [-0.25, -0.2) is 0 Å². The van der Waals surface area contributed by atoms with Crippen molar-refractivity contribution in [3.63, 3.8) is 0 Å². The maximum absolute atomic E-state index is 13.1. The lowest BCUT2D eigenvalue weighted by molar-refractivity contribution is -0.142. The molecule has 0 unspecified atom stereocenters. The Balaban J connectivity index is 2.23. The molecule has 30 heavy (non-hydrogen) atoms. The van der Waals surface area contributed by atoms with Crippen LogP contribution < -0.4 is 14.8 Å². The van der Waals surface area contributed by atoms with Gasteiger partial charge in [0.1, 0.15) is 17.5 Å². The van der Waals surface area contributed by atoms with Crippen LogP contribution in [-0.2, 0) is 16.1 Å². The molecule has 0 aliphatic carbocycles. The number of rotatable bonds is 10. The number of nitrogens with zero attached hydrogens (tertiary/aromatic N) is 1. The number of ether oxygens (including phenoxy) is 2. The van der Waals surface area contributed by atoms with Crippen LogP contribution in [0, 0.1) is 0 Å². The smallest absolute Gasteiger partial charge is 0.261 e. The summed E-state index contributed by atoms with van der Waals surface area (Å²) in [5, 5.41) is 3.20. The van der Waals surface area contributed by atoms with Gasteiger partial charge in [-0.1, -0.05) is 46.6 Å². The largest absolute Gasteiger partial charge is 0.497 e. The summed E-state index contributed by atoms with van der Waals surface area (Å²) >= 11 is 9.52. The number of carbonyl (C=O) groups is 2. The summed E-state index contributed by atoms with van der Waals surface area (Å²) in [7, 11) is 1.58. The second kappa shape index (κ2) is 11.8. The third-order valence-electron chi connectivity index (χ3n) is 4.47. The van der Waals surface area contributed by atoms with Gasteiger partial charge in [0, 0.05) is 17.6 Å². The minimum atomic E-state index is -0.618. The lowest BCUT2D eigenvalue weighted by atomic mass is 10.1. The summed E-state index contributed by atoms with van der Waals surface area (Å²) in [6.07, 6.45) is 0.473. The van der Waals surface area contributed by atoms with E-state index in [0.29, 0.717) is 29.5 Å². The van der Waals surface area contributed by atoms with Gasteiger partial charge in [-0.15, -0.1) is 0 Å². The van der Waals surface area contributed by atoms with Crippen molar-refractivity contribution in [2.45, 2.75) is 32.9 Å². The van der Waals surface area contributed by atoms with E-state index in [9.17, 15) is 9.59 Å². The maximum Gasteiger partial charge on any atom is 0.261 e. The average molecular weight is 498 g/mol. The number of methoxy groups -OCH3 is 1. The Labute approximate surface area is 190 Å². The van der Waals surface area contributed by atoms with Crippen molar-refractivity contribution in [1.82, 2.24) is 10.2 Å². The van der Waals surface area contributed by atoms with Crippen LogP contribution in [0.2, 0.25) is 5.02 Å². The summed E-state index contributed by atoms with van der Waals surface area (Å²) in [4.78, 5) is 27.2. The van der Waals surface area contributed by atoms with E-state index in [2.05, 4.69) is 21.2 Å². The fourth-order valence-electron chi connectivity index (χ4n) is 2.99. The van der Waals surface area contributed by atoms with Gasteiger partial charge in [-0.2, -0.15) is 0 Å². The predicted octanol–water partition coefficient (Wildman–Crippen LogP) is 4.43. The minimum Gasteiger partial charge on any atom is -0.497 e. The monoisotopic (exact) mass is 496 g/mol. The van der Waals surface area contributed by atoms with Gasteiger partial charge in [-0.3, -0.25) is 9.59 Å². The minimum absolute atomic E-state index is 0.196. The highest BCUT2D eigenvalue weighted by Crippen LogP contribution is 2.28. The second-order valence-corrected chi connectivity index (χ2v) is 7.88. The molecule has 0 saturated heterocycles. The number of hydrogen-bond donors (Lipinski definition) is 1. The fourth-order valence-corrected chi connectivity index (χ4v) is 3.72. The van der Waals surface area contributed by atoms with Crippen molar-refractivity contribution in [3.8, 4) is 11.5 Å². The lowest BCUT2D eigenvalue weighted by Crippen LogP contribution is -2.50. The van der Waals surface area contributed by atoms with Crippen LogP contribution in [0.3, 0.4) is 0 Å². The Morgan fingerprint density at radius 2 is 1.97 bits per heavy atom. The van der Waals surface area contributed by atoms with Crippen LogP contribution in [0.15, 0.2) is 46.9 Å². The third-order valence-corrected chi connectivity index (χ3v) is 5.26. The second-order valence-electron chi connectivity index (χ2n) is 6.56. The molecule has 0 aromatic heterocycles. The summed E-state index contributed by atoms with van der Waals surface area (Å²) in [6.45, 7) is 4.22. The molecule has 0 radical (unpaired) electrons. The maximum atomic E-state index is 13.1. The van der Waals surface area contributed by atoms with Crippen molar-refractivity contribution >= 4 is 39.3 Å². The highest BCUT2D eigenvalue weighted by atomic mass is 79.9. The summed E-state index contributed by atoms with van der Waals surface area (Å²) in [6, 6.07) is 12.0. The molecule has 0 aliphatic rings. The molecule has 0 bridgehead atoms. The first-order valence-electron chi connectivity index (χ1n) is 9.67. The van der Waals surface area contributed by atoms with E-state index in [1.54, 1.807) is 25.3 Å². The van der Waals surface area contributed by atoms with E-state index >= 15 is 0 Å². The Bertz CT molecular complexity index is 878. The summed E-state index contributed by atoms with van der Waals surface area (Å²) in [5.41, 5.74) is 0.854. The van der Waals surface area contributed by atoms with Crippen LogP contribution in [0.1, 0.15) is 25.8 Å². The molecule has 162 valence electrons. The number of benzene rings is 2. The molecule has 2 aromatic carbocycles. The Hall–Kier alpha value is -2.25. The van der Waals surface area contributed by atoms with Gasteiger partial charge < -0.3 is 19.7 Å². The molecule has 2 amide bonds. The Morgan fingerprint density at radius 3 is 2.60 bits per heavy atom. The summed E-state index contributed by atoms with van der Waals surface area (Å²) < 4.78 is 11.7. The number of nitrogens with one attached hydrogen (secondary N) is 1. The van der Waals surface area contributed by atoms with Gasteiger partial charge >= 0.3 is 0 Å². The zero-order valence-corrected chi connectivity index (χ0v) is 19.6. The first-order valence-corrected chi connectivity index (χ1v) is 10.8. The molecule has 2 aromatic rings. The molecular weight excluding hydrogens is 472 g/mol. The predicted molar refractivity (Wildman–Crippen MR) is 121 cm³/mol. The van der Waals surface area contributed by atoms with E-state index in [1.807, 2.05) is 38.1 Å². The molecule has 0 heterocycles. The topological polar surface area (TPSA) is 67.9 Å². The standard InChI is InChI=1S/C22H26BrClN2O4/c1-4-19(22(28)25-5-2)26(13-15-7-6-8-17(11-15)29-3)21(27)14-30-20-10-9-16(23)12-18(20)24/h6-12,19H,4-5,13-14H2,1-3H3,(H,25,28)/t19-/m1/s1. The SMILES string of the molecule is CCNC(=O)[C@@H](CC)N(Cc1cccc(OC)c1)C(=O)COc1ccc(Br)cc1Cl. The quantitative estimate of drug-likeness (QED) is 0.527. The molecule has 8 heteroatoms. The number of amides is 2. The fraction of sp³-hybridized carbons (Fsp3) is 0.364. The first kappa shape index (κ1) is 24.0.